The summed E-state index contributed by atoms with van der Waals surface area (Å²) in [7, 11) is 0. The summed E-state index contributed by atoms with van der Waals surface area (Å²) in [6.07, 6.45) is 26.2. The largest absolute Gasteiger partial charge is 0.0911 e. The van der Waals surface area contributed by atoms with Gasteiger partial charge in [0.25, 0.3) is 0 Å². The number of benzene rings is 4. The molecule has 4 unspecified atom stereocenters. The maximum Gasteiger partial charge on any atom is -0.00248 e. The van der Waals surface area contributed by atoms with E-state index in [-0.39, 0.29) is 43.3 Å². The fraction of sp³-hybridized carbons (Fsp3) is 0.440. The van der Waals surface area contributed by atoms with Crippen LogP contribution in [0.3, 0.4) is 0 Å². The molecular weight excluding hydrogens is 601 g/mol. The predicted octanol–water partition coefficient (Wildman–Crippen LogP) is 12.6. The van der Waals surface area contributed by atoms with E-state index in [0.717, 1.165) is 0 Å². The molecule has 0 saturated heterocycles. The van der Waals surface area contributed by atoms with Gasteiger partial charge in [-0.2, -0.15) is 0 Å². The number of rotatable bonds is 7. The van der Waals surface area contributed by atoms with Gasteiger partial charge in [0, 0.05) is 0 Å². The summed E-state index contributed by atoms with van der Waals surface area (Å²) in [4.78, 5) is 0. The van der Waals surface area contributed by atoms with Crippen LogP contribution in [0.15, 0.2) is 146 Å². The molecule has 0 heterocycles. The van der Waals surface area contributed by atoms with Gasteiger partial charge in [0.05, 0.1) is 0 Å². The number of hydrogen-bond donors (Lipinski definition) is 0. The summed E-state index contributed by atoms with van der Waals surface area (Å²) in [6, 6.07) is 47.7. The van der Waals surface area contributed by atoms with Crippen molar-refractivity contribution < 1.29 is 0 Å². The van der Waals surface area contributed by atoms with Crippen LogP contribution < -0.4 is 0 Å². The minimum absolute atomic E-state index is 0.183. The van der Waals surface area contributed by atoms with E-state index in [1.165, 1.54) is 77.0 Å². The Morgan fingerprint density at radius 3 is 0.820 bits per heavy atom. The van der Waals surface area contributed by atoms with Crippen LogP contribution in [-0.4, -0.2) is 0 Å². The lowest BCUT2D eigenvalue weighted by Crippen LogP contribution is -2.73. The summed E-state index contributed by atoms with van der Waals surface area (Å²) in [5.74, 6) is 0. The molecule has 0 radical (unpaired) electrons. The van der Waals surface area contributed by atoms with E-state index in [0.29, 0.717) is 0 Å². The van der Waals surface area contributed by atoms with Crippen LogP contribution in [0.2, 0.25) is 0 Å². The number of hydrogen-bond acceptors (Lipinski definition) is 0. The topological polar surface area (TPSA) is 0 Å². The Labute approximate surface area is 301 Å². The Morgan fingerprint density at radius 1 is 0.320 bits per heavy atom. The fourth-order valence-corrected chi connectivity index (χ4v) is 16.0. The molecule has 254 valence electrons. The molecule has 8 aliphatic rings. The first-order valence-electron chi connectivity index (χ1n) is 19.8. The molecule has 0 aromatic heterocycles. The molecule has 8 aliphatic carbocycles. The molecule has 4 aromatic rings. The zero-order valence-electron chi connectivity index (χ0n) is 30.3. The lowest BCUT2D eigenvalue weighted by atomic mass is 9.23. The Kier molecular flexibility index (Phi) is 6.51. The summed E-state index contributed by atoms with van der Waals surface area (Å²) < 4.78 is 0. The highest BCUT2D eigenvalue weighted by Gasteiger charge is 2.78. The van der Waals surface area contributed by atoms with Gasteiger partial charge in [0.1, 0.15) is 0 Å². The van der Waals surface area contributed by atoms with E-state index in [1.54, 1.807) is 22.3 Å². The predicted molar refractivity (Wildman–Crippen MR) is 207 cm³/mol. The molecular formula is C50H54. The van der Waals surface area contributed by atoms with Crippen molar-refractivity contribution in [1.82, 2.24) is 0 Å². The zero-order valence-corrected chi connectivity index (χ0v) is 30.3. The van der Waals surface area contributed by atoms with Gasteiger partial charge in [-0.05, 0) is 156 Å². The van der Waals surface area contributed by atoms with Crippen molar-refractivity contribution in [1.29, 1.82) is 0 Å². The third-order valence-electron chi connectivity index (χ3n) is 15.9. The highest BCUT2D eigenvalue weighted by Crippen LogP contribution is 2.85. The first-order chi connectivity index (χ1) is 24.3. The third-order valence-corrected chi connectivity index (χ3v) is 15.9. The molecule has 0 nitrogen and oxygen atoms in total. The van der Waals surface area contributed by atoms with Gasteiger partial charge in [0.2, 0.25) is 0 Å². The smallest absolute Gasteiger partial charge is 0.00248 e. The first-order valence-corrected chi connectivity index (χ1v) is 19.8. The van der Waals surface area contributed by atoms with Gasteiger partial charge in [0.15, 0.2) is 0 Å². The van der Waals surface area contributed by atoms with Crippen LogP contribution >= 0.6 is 0 Å². The summed E-state index contributed by atoms with van der Waals surface area (Å²) in [5, 5.41) is 0. The van der Waals surface area contributed by atoms with Crippen molar-refractivity contribution in [2.75, 3.05) is 0 Å². The summed E-state index contributed by atoms with van der Waals surface area (Å²) in [6.45, 7) is 4.60. The van der Waals surface area contributed by atoms with E-state index in [4.69, 9.17) is 0 Å². The second kappa shape index (κ2) is 10.5. The Morgan fingerprint density at radius 2 is 0.580 bits per heavy atom. The second-order valence-corrected chi connectivity index (χ2v) is 19.0. The normalized spacial score (nSPS) is 42.5. The Bertz CT molecular complexity index is 1690. The molecule has 4 atom stereocenters. The van der Waals surface area contributed by atoms with E-state index in [2.05, 4.69) is 159 Å². The summed E-state index contributed by atoms with van der Waals surface area (Å²) in [5.41, 5.74) is 8.11. The minimum atomic E-state index is 0.183. The average Bonchev–Trinajstić information content (AvgIpc) is 3.12. The van der Waals surface area contributed by atoms with Crippen molar-refractivity contribution in [3.8, 4) is 0 Å². The van der Waals surface area contributed by atoms with Gasteiger partial charge in [-0.3, -0.25) is 0 Å². The van der Waals surface area contributed by atoms with E-state index >= 15 is 0 Å². The Hall–Kier alpha value is -3.64. The van der Waals surface area contributed by atoms with Crippen molar-refractivity contribution in [2.24, 2.45) is 21.7 Å². The van der Waals surface area contributed by atoms with Crippen LogP contribution in [0, 0.1) is 21.7 Å². The summed E-state index contributed by atoms with van der Waals surface area (Å²) >= 11 is 0. The maximum atomic E-state index is 2.73. The number of allylic oxidation sites excluding steroid dienone is 4. The van der Waals surface area contributed by atoms with Gasteiger partial charge in [-0.25, -0.2) is 0 Å². The molecule has 4 aromatic carbocycles. The van der Waals surface area contributed by atoms with Gasteiger partial charge < -0.3 is 0 Å². The molecule has 8 saturated carbocycles. The third kappa shape index (κ3) is 4.17. The monoisotopic (exact) mass is 654 g/mol. The second-order valence-electron chi connectivity index (χ2n) is 19.0. The van der Waals surface area contributed by atoms with Crippen molar-refractivity contribution >= 4 is 0 Å². The minimum Gasteiger partial charge on any atom is -0.0911 e. The standard InChI is InChI=1S/C50H54/c1-3-25-43-27-45(39-17-9-5-10-18-39)33-46(28-43,40-19-11-6-12-20-40)36-49(31-43,35-45)50-32-44(26-4-2)29-47(37-50,41-21-13-7-14-22-41)34-48(30-44,38-50)42-23-15-8-16-24-42/h3-26H,27-38H2,1-2H3. The van der Waals surface area contributed by atoms with Crippen LogP contribution in [-0.2, 0) is 21.7 Å². The van der Waals surface area contributed by atoms with Crippen molar-refractivity contribution in [3.05, 3.63) is 168 Å². The SMILES string of the molecule is CC=CC12CC3(c4ccccc4)CC(c4ccccc4)(C1)CC(C14CC5(C=CC)CC(c6ccccc6)(CC(c6ccccc6)(C5)C1)C4)(C2)C3. The van der Waals surface area contributed by atoms with Crippen LogP contribution in [0.5, 0.6) is 0 Å². The van der Waals surface area contributed by atoms with Crippen molar-refractivity contribution in [3.63, 3.8) is 0 Å². The Balaban J connectivity index is 1.26. The molecule has 0 N–H and O–H groups in total. The van der Waals surface area contributed by atoms with Gasteiger partial charge in [-0.1, -0.05) is 146 Å². The lowest BCUT2D eigenvalue weighted by molar-refractivity contribution is -0.248. The van der Waals surface area contributed by atoms with E-state index in [1.807, 2.05) is 0 Å². The van der Waals surface area contributed by atoms with Crippen LogP contribution in [0.25, 0.3) is 0 Å². The van der Waals surface area contributed by atoms with Crippen LogP contribution in [0.4, 0.5) is 0 Å². The molecule has 12 rings (SSSR count). The van der Waals surface area contributed by atoms with Gasteiger partial charge in [-0.15, -0.1) is 0 Å². The highest BCUT2D eigenvalue weighted by molar-refractivity contribution is 5.47. The first kappa shape index (κ1) is 31.1. The lowest BCUT2D eigenvalue weighted by Gasteiger charge is -2.80. The highest BCUT2D eigenvalue weighted by atomic mass is 14.8. The average molecular weight is 655 g/mol. The fourth-order valence-electron chi connectivity index (χ4n) is 16.0. The van der Waals surface area contributed by atoms with E-state index < -0.39 is 0 Å². The zero-order chi connectivity index (χ0) is 33.8. The molecule has 8 fully saturated rings. The molecule has 0 heteroatoms. The van der Waals surface area contributed by atoms with Crippen LogP contribution in [0.1, 0.15) is 113 Å². The van der Waals surface area contributed by atoms with E-state index in [9.17, 15) is 0 Å². The maximum absolute atomic E-state index is 2.73. The quantitative estimate of drug-likeness (QED) is 0.174. The molecule has 8 bridgehead atoms. The molecule has 0 aliphatic heterocycles. The molecule has 0 amide bonds. The van der Waals surface area contributed by atoms with Gasteiger partial charge >= 0.3 is 0 Å². The van der Waals surface area contributed by atoms with Crippen molar-refractivity contribution in [2.45, 2.75) is 113 Å². The molecule has 50 heavy (non-hydrogen) atoms. The molecule has 0 spiro atoms.